The fraction of sp³-hybridized carbons (Fsp3) is 0.333. The van der Waals surface area contributed by atoms with Gasteiger partial charge in [-0.05, 0) is 18.6 Å². The Morgan fingerprint density at radius 3 is 2.60 bits per heavy atom. The maximum Gasteiger partial charge on any atom is 0.223 e. The molecular weight excluding hydrogens is 250 g/mol. The van der Waals surface area contributed by atoms with Crippen LogP contribution in [0, 0.1) is 0 Å². The summed E-state index contributed by atoms with van der Waals surface area (Å²) in [5.74, 6) is 1.83. The highest BCUT2D eigenvalue weighted by atomic mass is 15.2. The summed E-state index contributed by atoms with van der Waals surface area (Å²) in [5.41, 5.74) is 6.90. The predicted octanol–water partition coefficient (Wildman–Crippen LogP) is 3.04. The third kappa shape index (κ3) is 3.38. The lowest BCUT2D eigenvalue weighted by molar-refractivity contribution is 0.779. The van der Waals surface area contributed by atoms with Gasteiger partial charge in [0.05, 0.1) is 0 Å². The summed E-state index contributed by atoms with van der Waals surface area (Å²) in [7, 11) is 1.82. The number of anilines is 4. The van der Waals surface area contributed by atoms with E-state index < -0.39 is 0 Å². The summed E-state index contributed by atoms with van der Waals surface area (Å²) in [5, 5.41) is 3.01. The number of nitrogens with zero attached hydrogens (tertiary/aromatic N) is 3. The van der Waals surface area contributed by atoms with Gasteiger partial charge in [0.25, 0.3) is 0 Å². The summed E-state index contributed by atoms with van der Waals surface area (Å²) in [4.78, 5) is 10.7. The minimum Gasteiger partial charge on any atom is -0.373 e. The molecule has 3 N–H and O–H groups in total. The molecule has 5 nitrogen and oxygen atoms in total. The molecule has 0 atom stereocenters. The average molecular weight is 271 g/mol. The van der Waals surface area contributed by atoms with E-state index in [1.54, 1.807) is 0 Å². The second-order valence-corrected chi connectivity index (χ2v) is 4.56. The van der Waals surface area contributed by atoms with Gasteiger partial charge in [-0.3, -0.25) is 0 Å². The van der Waals surface area contributed by atoms with Crippen LogP contribution in [0.4, 0.5) is 23.3 Å². The first-order chi connectivity index (χ1) is 9.74. The number of rotatable bonds is 6. The molecule has 0 spiro atoms. The van der Waals surface area contributed by atoms with Gasteiger partial charge in [0, 0.05) is 25.3 Å². The topological polar surface area (TPSA) is 67.1 Å². The molecule has 0 amide bonds. The van der Waals surface area contributed by atoms with Crippen molar-refractivity contribution in [3.8, 4) is 0 Å². The van der Waals surface area contributed by atoms with Crippen LogP contribution in [-0.4, -0.2) is 23.6 Å². The highest BCUT2D eigenvalue weighted by Gasteiger charge is 2.12. The van der Waals surface area contributed by atoms with Gasteiger partial charge < -0.3 is 16.0 Å². The lowest BCUT2D eigenvalue weighted by atomic mass is 10.2. The monoisotopic (exact) mass is 271 g/mol. The zero-order valence-corrected chi connectivity index (χ0v) is 12.0. The molecule has 1 aromatic carbocycles. The molecule has 0 saturated heterocycles. The molecule has 2 aromatic rings. The van der Waals surface area contributed by atoms with E-state index in [2.05, 4.69) is 39.2 Å². The zero-order valence-electron chi connectivity index (χ0n) is 12.0. The molecule has 2 rings (SSSR count). The normalized spacial score (nSPS) is 10.3. The van der Waals surface area contributed by atoms with Crippen LogP contribution >= 0.6 is 0 Å². The molecule has 20 heavy (non-hydrogen) atoms. The Kier molecular flexibility index (Phi) is 4.76. The lowest BCUT2D eigenvalue weighted by Gasteiger charge is -2.24. The van der Waals surface area contributed by atoms with Crippen molar-refractivity contribution in [2.24, 2.45) is 0 Å². The summed E-state index contributed by atoms with van der Waals surface area (Å²) < 4.78 is 0. The number of aromatic nitrogens is 2. The SMILES string of the molecule is CCCCN(c1ccccc1)c1cc(NC)nc(N)n1. The highest BCUT2D eigenvalue weighted by Crippen LogP contribution is 2.26. The first kappa shape index (κ1) is 14.1. The Bertz CT molecular complexity index is 541. The number of para-hydroxylation sites is 1. The summed E-state index contributed by atoms with van der Waals surface area (Å²) in [6, 6.07) is 12.1. The van der Waals surface area contributed by atoms with Crippen LogP contribution in [0.5, 0.6) is 0 Å². The molecule has 0 aliphatic heterocycles. The molecule has 0 fully saturated rings. The molecule has 1 heterocycles. The maximum atomic E-state index is 5.79. The van der Waals surface area contributed by atoms with Crippen LogP contribution in [0.15, 0.2) is 36.4 Å². The predicted molar refractivity (Wildman–Crippen MR) is 84.3 cm³/mol. The van der Waals surface area contributed by atoms with Gasteiger partial charge in [-0.15, -0.1) is 0 Å². The lowest BCUT2D eigenvalue weighted by Crippen LogP contribution is -2.20. The average Bonchev–Trinajstić information content (AvgIpc) is 2.48. The second-order valence-electron chi connectivity index (χ2n) is 4.56. The summed E-state index contributed by atoms with van der Waals surface area (Å²) in [6.07, 6.45) is 2.22. The molecule has 0 aliphatic carbocycles. The molecule has 0 saturated carbocycles. The maximum absolute atomic E-state index is 5.79. The van der Waals surface area contributed by atoms with Crippen LogP contribution in [0.1, 0.15) is 19.8 Å². The van der Waals surface area contributed by atoms with E-state index in [1.807, 2.05) is 31.3 Å². The number of hydrogen-bond acceptors (Lipinski definition) is 5. The summed E-state index contributed by atoms with van der Waals surface area (Å²) in [6.45, 7) is 3.08. The molecule has 106 valence electrons. The van der Waals surface area contributed by atoms with Gasteiger partial charge in [-0.2, -0.15) is 9.97 Å². The number of nitrogens with two attached hydrogens (primary N) is 1. The second kappa shape index (κ2) is 6.75. The third-order valence-corrected chi connectivity index (χ3v) is 3.07. The van der Waals surface area contributed by atoms with Crippen LogP contribution < -0.4 is 16.0 Å². The van der Waals surface area contributed by atoms with Crippen molar-refractivity contribution >= 4 is 23.3 Å². The largest absolute Gasteiger partial charge is 0.373 e. The molecular formula is C15H21N5. The van der Waals surface area contributed by atoms with Gasteiger partial charge in [0.1, 0.15) is 11.6 Å². The molecule has 5 heteroatoms. The number of nitrogen functional groups attached to an aromatic ring is 1. The Labute approximate surface area is 119 Å². The Morgan fingerprint density at radius 1 is 1.20 bits per heavy atom. The zero-order chi connectivity index (χ0) is 14.4. The van der Waals surface area contributed by atoms with Gasteiger partial charge >= 0.3 is 0 Å². The van der Waals surface area contributed by atoms with Crippen molar-refractivity contribution < 1.29 is 0 Å². The van der Waals surface area contributed by atoms with Crippen molar-refractivity contribution in [1.82, 2.24) is 9.97 Å². The fourth-order valence-corrected chi connectivity index (χ4v) is 2.02. The standard InChI is InChI=1S/C15H21N5/c1-3-4-10-20(12-8-6-5-7-9-12)14-11-13(17-2)18-15(16)19-14/h5-9,11H,3-4,10H2,1-2H3,(H3,16,17,18,19). The van der Waals surface area contributed by atoms with Gasteiger partial charge in [-0.25, -0.2) is 0 Å². The molecule has 0 aliphatic rings. The van der Waals surface area contributed by atoms with Crippen molar-refractivity contribution in [2.75, 3.05) is 29.5 Å². The third-order valence-electron chi connectivity index (χ3n) is 3.07. The fourth-order valence-electron chi connectivity index (χ4n) is 2.02. The van der Waals surface area contributed by atoms with Crippen molar-refractivity contribution in [3.05, 3.63) is 36.4 Å². The van der Waals surface area contributed by atoms with Crippen LogP contribution in [-0.2, 0) is 0 Å². The number of nitrogens with one attached hydrogen (secondary N) is 1. The van der Waals surface area contributed by atoms with E-state index >= 15 is 0 Å². The van der Waals surface area contributed by atoms with E-state index in [1.165, 1.54) is 0 Å². The Hall–Kier alpha value is -2.30. The number of unbranched alkanes of at least 4 members (excludes halogenated alkanes) is 1. The van der Waals surface area contributed by atoms with Gasteiger partial charge in [-0.1, -0.05) is 31.5 Å². The van der Waals surface area contributed by atoms with Crippen LogP contribution in [0.2, 0.25) is 0 Å². The van der Waals surface area contributed by atoms with Crippen LogP contribution in [0.3, 0.4) is 0 Å². The first-order valence-corrected chi connectivity index (χ1v) is 6.89. The van der Waals surface area contributed by atoms with Gasteiger partial charge in [0.15, 0.2) is 0 Å². The quantitative estimate of drug-likeness (QED) is 0.845. The summed E-state index contributed by atoms with van der Waals surface area (Å²) >= 11 is 0. The molecule has 1 aromatic heterocycles. The van der Waals surface area contributed by atoms with Crippen molar-refractivity contribution in [2.45, 2.75) is 19.8 Å². The number of benzene rings is 1. The van der Waals surface area contributed by atoms with Crippen molar-refractivity contribution in [3.63, 3.8) is 0 Å². The van der Waals surface area contributed by atoms with E-state index in [0.717, 1.165) is 36.7 Å². The highest BCUT2D eigenvalue weighted by molar-refractivity contribution is 5.63. The first-order valence-electron chi connectivity index (χ1n) is 6.89. The minimum absolute atomic E-state index is 0.282. The molecule has 0 unspecified atom stereocenters. The molecule has 0 radical (unpaired) electrons. The smallest absolute Gasteiger partial charge is 0.223 e. The minimum atomic E-state index is 0.282. The van der Waals surface area contributed by atoms with Crippen LogP contribution in [0.25, 0.3) is 0 Å². The van der Waals surface area contributed by atoms with E-state index in [-0.39, 0.29) is 5.95 Å². The van der Waals surface area contributed by atoms with Crippen molar-refractivity contribution in [1.29, 1.82) is 0 Å². The Balaban J connectivity index is 2.38. The van der Waals surface area contributed by atoms with E-state index in [9.17, 15) is 0 Å². The van der Waals surface area contributed by atoms with E-state index in [0.29, 0.717) is 0 Å². The number of hydrogen-bond donors (Lipinski definition) is 2. The van der Waals surface area contributed by atoms with E-state index in [4.69, 9.17) is 5.73 Å². The van der Waals surface area contributed by atoms with Gasteiger partial charge in [0.2, 0.25) is 5.95 Å². The Morgan fingerprint density at radius 2 is 1.95 bits per heavy atom. The molecule has 0 bridgehead atoms.